The fourth-order valence-electron chi connectivity index (χ4n) is 2.63. The number of amides is 1. The van der Waals surface area contributed by atoms with Gasteiger partial charge in [0.25, 0.3) is 11.5 Å². The third kappa shape index (κ3) is 3.45. The Morgan fingerprint density at radius 3 is 2.76 bits per heavy atom. The molecule has 1 N–H and O–H groups in total. The molecule has 130 valence electrons. The van der Waals surface area contributed by atoms with Crippen LogP contribution in [0.5, 0.6) is 0 Å². The molecule has 0 aliphatic heterocycles. The van der Waals surface area contributed by atoms with Gasteiger partial charge in [-0.25, -0.2) is 4.98 Å². The Morgan fingerprint density at radius 2 is 2.08 bits per heavy atom. The quantitative estimate of drug-likeness (QED) is 0.757. The van der Waals surface area contributed by atoms with Crippen LogP contribution in [0.4, 0.5) is 0 Å². The fraction of sp³-hybridized carbons (Fsp3) is 0.278. The van der Waals surface area contributed by atoms with Crippen molar-refractivity contribution in [3.05, 3.63) is 62.0 Å². The van der Waals surface area contributed by atoms with E-state index in [9.17, 15) is 9.59 Å². The lowest BCUT2D eigenvalue weighted by Crippen LogP contribution is -2.30. The van der Waals surface area contributed by atoms with Gasteiger partial charge in [-0.1, -0.05) is 29.8 Å². The molecule has 2 aromatic heterocycles. The van der Waals surface area contributed by atoms with Crippen molar-refractivity contribution >= 4 is 39.1 Å². The summed E-state index contributed by atoms with van der Waals surface area (Å²) in [5.41, 5.74) is 1.35. The summed E-state index contributed by atoms with van der Waals surface area (Å²) in [5.74, 6) is -0.174. The highest BCUT2D eigenvalue weighted by atomic mass is 35.5. The third-order valence-electron chi connectivity index (χ3n) is 3.84. The third-order valence-corrected chi connectivity index (χ3v) is 5.41. The van der Waals surface area contributed by atoms with Crippen LogP contribution in [0.25, 0.3) is 10.2 Å². The molecule has 0 aliphatic rings. The molecule has 5 nitrogen and oxygen atoms in total. The monoisotopic (exact) mass is 375 g/mol. The van der Waals surface area contributed by atoms with Crippen LogP contribution in [0.15, 0.2) is 35.4 Å². The molecule has 25 heavy (non-hydrogen) atoms. The van der Waals surface area contributed by atoms with Crippen LogP contribution in [0, 0.1) is 6.92 Å². The number of hydrogen-bond acceptors (Lipinski definition) is 4. The number of halogens is 1. The zero-order chi connectivity index (χ0) is 18.1. The van der Waals surface area contributed by atoms with E-state index in [1.807, 2.05) is 32.0 Å². The zero-order valence-corrected chi connectivity index (χ0v) is 15.7. The minimum atomic E-state index is -0.174. The Hall–Kier alpha value is -2.18. The van der Waals surface area contributed by atoms with Gasteiger partial charge in [0, 0.05) is 11.1 Å². The Kier molecular flexibility index (Phi) is 4.92. The van der Waals surface area contributed by atoms with Crippen LogP contribution in [-0.2, 0) is 6.54 Å². The van der Waals surface area contributed by atoms with Crippen molar-refractivity contribution < 1.29 is 4.79 Å². The van der Waals surface area contributed by atoms with Gasteiger partial charge >= 0.3 is 0 Å². The number of carbonyl (C=O) groups is 1. The molecule has 2 heterocycles. The number of fused-ring (bicyclic) bond motifs is 1. The number of carbonyl (C=O) groups excluding carboxylic acids is 1. The van der Waals surface area contributed by atoms with Gasteiger partial charge in [-0.15, -0.1) is 11.3 Å². The van der Waals surface area contributed by atoms with Crippen molar-refractivity contribution in [3.63, 3.8) is 0 Å². The number of nitrogens with one attached hydrogen (secondary N) is 1. The maximum Gasteiger partial charge on any atom is 0.262 e. The summed E-state index contributed by atoms with van der Waals surface area (Å²) in [4.78, 5) is 30.7. The first-order chi connectivity index (χ1) is 11.9. The second-order valence-corrected chi connectivity index (χ2v) is 7.54. The van der Waals surface area contributed by atoms with Gasteiger partial charge in [-0.3, -0.25) is 14.2 Å². The number of hydrogen-bond donors (Lipinski definition) is 1. The lowest BCUT2D eigenvalue weighted by Gasteiger charge is -2.07. The predicted molar refractivity (Wildman–Crippen MR) is 102 cm³/mol. The zero-order valence-electron chi connectivity index (χ0n) is 14.2. The summed E-state index contributed by atoms with van der Waals surface area (Å²) in [6.07, 6.45) is 1.51. The molecule has 0 saturated carbocycles. The predicted octanol–water partition coefficient (Wildman–Crippen LogP) is 3.61. The average Bonchev–Trinajstić information content (AvgIpc) is 2.89. The van der Waals surface area contributed by atoms with Crippen molar-refractivity contribution in [2.24, 2.45) is 0 Å². The molecule has 0 radical (unpaired) electrons. The number of benzene rings is 1. The second kappa shape index (κ2) is 6.98. The van der Waals surface area contributed by atoms with Crippen molar-refractivity contribution in [2.75, 3.05) is 0 Å². The van der Waals surface area contributed by atoms with Crippen molar-refractivity contribution in [1.82, 2.24) is 14.9 Å². The summed E-state index contributed by atoms with van der Waals surface area (Å²) in [6, 6.07) is 7.42. The number of thiophene rings is 1. The van der Waals surface area contributed by atoms with E-state index in [1.165, 1.54) is 22.2 Å². The van der Waals surface area contributed by atoms with Crippen LogP contribution in [0.1, 0.15) is 34.6 Å². The molecular weight excluding hydrogens is 358 g/mol. The highest BCUT2D eigenvalue weighted by molar-refractivity contribution is 7.20. The molecular formula is C18H18ClN3O2S. The summed E-state index contributed by atoms with van der Waals surface area (Å²) >= 11 is 7.43. The second-order valence-electron chi connectivity index (χ2n) is 6.13. The molecule has 0 aliphatic carbocycles. The summed E-state index contributed by atoms with van der Waals surface area (Å²) in [7, 11) is 0. The van der Waals surface area contributed by atoms with E-state index in [2.05, 4.69) is 10.3 Å². The molecule has 0 unspecified atom stereocenters. The van der Waals surface area contributed by atoms with E-state index in [-0.39, 0.29) is 17.5 Å². The van der Waals surface area contributed by atoms with Crippen molar-refractivity contribution in [3.8, 4) is 0 Å². The molecule has 3 aromatic rings. The van der Waals surface area contributed by atoms with Gasteiger partial charge in [0.2, 0.25) is 0 Å². The molecule has 0 spiro atoms. The molecule has 1 aromatic carbocycles. The van der Waals surface area contributed by atoms with Gasteiger partial charge in [-0.05, 0) is 38.0 Å². The molecule has 0 bridgehead atoms. The SMILES string of the molecule is Cc1c(C(=O)NC(C)C)sc2ncn(Cc3ccccc3Cl)c(=O)c12. The standard InChI is InChI=1S/C18H18ClN3O2S/c1-10(2)21-16(23)15-11(3)14-17(25-15)20-9-22(18(14)24)8-12-6-4-5-7-13(12)19/h4-7,9-10H,8H2,1-3H3,(H,21,23). The maximum absolute atomic E-state index is 12.9. The Balaban J connectivity index is 2.05. The van der Waals surface area contributed by atoms with Gasteiger partial charge < -0.3 is 5.32 Å². The Labute approximate surface area is 154 Å². The highest BCUT2D eigenvalue weighted by Gasteiger charge is 2.20. The molecule has 0 fully saturated rings. The van der Waals surface area contributed by atoms with Crippen LogP contribution in [-0.4, -0.2) is 21.5 Å². The van der Waals surface area contributed by atoms with Crippen LogP contribution in [0.2, 0.25) is 5.02 Å². The summed E-state index contributed by atoms with van der Waals surface area (Å²) < 4.78 is 1.52. The molecule has 3 rings (SSSR count). The van der Waals surface area contributed by atoms with Crippen LogP contribution >= 0.6 is 22.9 Å². The first kappa shape index (κ1) is 17.6. The number of aromatic nitrogens is 2. The Morgan fingerprint density at radius 1 is 1.36 bits per heavy atom. The van der Waals surface area contributed by atoms with E-state index in [4.69, 9.17) is 11.6 Å². The lowest BCUT2D eigenvalue weighted by molar-refractivity contribution is 0.0947. The van der Waals surface area contributed by atoms with Gasteiger partial charge in [-0.2, -0.15) is 0 Å². The van der Waals surface area contributed by atoms with E-state index in [0.29, 0.717) is 32.2 Å². The largest absolute Gasteiger partial charge is 0.349 e. The van der Waals surface area contributed by atoms with E-state index < -0.39 is 0 Å². The molecule has 0 atom stereocenters. The summed E-state index contributed by atoms with van der Waals surface area (Å²) in [5, 5.41) is 3.96. The highest BCUT2D eigenvalue weighted by Crippen LogP contribution is 2.27. The molecule has 1 amide bonds. The normalized spacial score (nSPS) is 11.2. The lowest BCUT2D eigenvalue weighted by atomic mass is 10.2. The van der Waals surface area contributed by atoms with Gasteiger partial charge in [0.15, 0.2) is 0 Å². The van der Waals surface area contributed by atoms with E-state index in [0.717, 1.165) is 5.56 Å². The van der Waals surface area contributed by atoms with Gasteiger partial charge in [0.1, 0.15) is 4.83 Å². The number of rotatable bonds is 4. The first-order valence-electron chi connectivity index (χ1n) is 7.91. The van der Waals surface area contributed by atoms with Crippen LogP contribution in [0.3, 0.4) is 0 Å². The maximum atomic E-state index is 12.9. The molecule has 0 saturated heterocycles. The van der Waals surface area contributed by atoms with E-state index in [1.54, 1.807) is 13.0 Å². The Bertz CT molecular complexity index is 1010. The van der Waals surface area contributed by atoms with Crippen LogP contribution < -0.4 is 10.9 Å². The minimum absolute atomic E-state index is 0.0296. The number of nitrogens with zero attached hydrogens (tertiary/aromatic N) is 2. The molecule has 7 heteroatoms. The fourth-order valence-corrected chi connectivity index (χ4v) is 3.86. The van der Waals surface area contributed by atoms with Crippen molar-refractivity contribution in [2.45, 2.75) is 33.4 Å². The number of aryl methyl sites for hydroxylation is 1. The average molecular weight is 376 g/mol. The van der Waals surface area contributed by atoms with E-state index >= 15 is 0 Å². The van der Waals surface area contributed by atoms with Gasteiger partial charge in [0.05, 0.1) is 23.1 Å². The summed E-state index contributed by atoms with van der Waals surface area (Å²) in [6.45, 7) is 5.92. The topological polar surface area (TPSA) is 64.0 Å². The first-order valence-corrected chi connectivity index (χ1v) is 9.10. The van der Waals surface area contributed by atoms with Crippen molar-refractivity contribution in [1.29, 1.82) is 0 Å². The smallest absolute Gasteiger partial charge is 0.262 e. The minimum Gasteiger partial charge on any atom is -0.349 e.